The molecule has 2 rings (SSSR count). The summed E-state index contributed by atoms with van der Waals surface area (Å²) in [7, 11) is 2.67. The summed E-state index contributed by atoms with van der Waals surface area (Å²) in [6, 6.07) is 6.82. The van der Waals surface area contributed by atoms with E-state index in [4.69, 9.17) is 17.0 Å². The summed E-state index contributed by atoms with van der Waals surface area (Å²) < 4.78 is 1.88. The lowest BCUT2D eigenvalue weighted by molar-refractivity contribution is -0.278. The van der Waals surface area contributed by atoms with E-state index in [0.29, 0.717) is 5.02 Å². The highest BCUT2D eigenvalue weighted by Gasteiger charge is 2.18. The lowest BCUT2D eigenvalue weighted by atomic mass is 10.2. The molecule has 112 valence electrons. The fourth-order valence-electron chi connectivity index (χ4n) is 1.72. The quantitative estimate of drug-likeness (QED) is 0.466. The van der Waals surface area contributed by atoms with Crippen LogP contribution in [-0.2, 0) is 14.1 Å². The summed E-state index contributed by atoms with van der Waals surface area (Å²) in [6.07, 6.45) is 1.42. The minimum atomic E-state index is -0.758. The van der Waals surface area contributed by atoms with Crippen molar-refractivity contribution in [2.24, 2.45) is 24.3 Å². The molecule has 0 unspecified atom stereocenters. The van der Waals surface area contributed by atoms with Crippen LogP contribution < -0.4 is 16.3 Å². The average molecular weight is 319 g/mol. The normalized spacial score (nSPS) is 11.8. The van der Waals surface area contributed by atoms with Crippen LogP contribution in [0.3, 0.4) is 0 Å². The van der Waals surface area contributed by atoms with Gasteiger partial charge in [0.2, 0.25) is 5.39 Å². The number of benzene rings is 1. The molecule has 0 spiro atoms. The van der Waals surface area contributed by atoms with Gasteiger partial charge in [-0.15, -0.1) is 5.10 Å². The number of hydrogen-bond acceptors (Lipinski definition) is 5. The predicted octanol–water partition coefficient (Wildman–Crippen LogP) is 0.870. The summed E-state index contributed by atoms with van der Waals surface area (Å²) in [5.74, 6) is -0.758. The lowest BCUT2D eigenvalue weighted by Crippen LogP contribution is -2.38. The molecular weight excluding hydrogens is 308 g/mol. The van der Waals surface area contributed by atoms with Crippen LogP contribution in [0.25, 0.3) is 4.98 Å². The molecule has 9 heteroatoms. The molecule has 0 aliphatic carbocycles. The first kappa shape index (κ1) is 15.5. The van der Waals surface area contributed by atoms with Crippen molar-refractivity contribution in [2.45, 2.75) is 0 Å². The molecule has 2 aromatic rings. The first-order chi connectivity index (χ1) is 10.5. The van der Waals surface area contributed by atoms with Crippen LogP contribution >= 0.6 is 11.6 Å². The molecule has 0 fully saturated rings. The first-order valence-corrected chi connectivity index (χ1v) is 6.48. The summed E-state index contributed by atoms with van der Waals surface area (Å²) in [4.78, 5) is 14.7. The number of diazo groups is 1. The fraction of sp³-hybridized carbons (Fsp3) is 0.154. The minimum Gasteiger partial charge on any atom is -0.854 e. The molecule has 0 radical (unpaired) electrons. The van der Waals surface area contributed by atoms with Crippen molar-refractivity contribution in [3.8, 4) is 5.88 Å². The minimum absolute atomic E-state index is 0.138. The predicted molar refractivity (Wildman–Crippen MR) is 79.5 cm³/mol. The Hall–Kier alpha value is -2.92. The van der Waals surface area contributed by atoms with E-state index < -0.39 is 11.6 Å². The van der Waals surface area contributed by atoms with Crippen LogP contribution in [0.5, 0.6) is 5.88 Å². The van der Waals surface area contributed by atoms with Crippen molar-refractivity contribution < 1.29 is 5.11 Å². The van der Waals surface area contributed by atoms with Gasteiger partial charge in [-0.25, -0.2) is 4.79 Å². The van der Waals surface area contributed by atoms with Crippen molar-refractivity contribution in [1.29, 1.82) is 5.39 Å². The molecule has 0 aliphatic rings. The molecule has 22 heavy (non-hydrogen) atoms. The maximum Gasteiger partial charge on any atom is 0.437 e. The molecule has 0 N–H and O–H groups in total. The molecule has 0 saturated heterocycles. The summed E-state index contributed by atoms with van der Waals surface area (Å²) >= 11 is 5.77. The van der Waals surface area contributed by atoms with E-state index in [0.717, 1.165) is 14.7 Å². The van der Waals surface area contributed by atoms with Crippen LogP contribution in [0.1, 0.15) is 5.56 Å². The number of rotatable bonds is 2. The monoisotopic (exact) mass is 318 g/mol. The molecule has 0 saturated carbocycles. The van der Waals surface area contributed by atoms with Crippen molar-refractivity contribution in [2.75, 3.05) is 0 Å². The first-order valence-electron chi connectivity index (χ1n) is 6.10. The van der Waals surface area contributed by atoms with Gasteiger partial charge in [0, 0.05) is 19.1 Å². The largest absolute Gasteiger partial charge is 0.854 e. The lowest BCUT2D eigenvalue weighted by Gasteiger charge is -2.09. The zero-order chi connectivity index (χ0) is 16.3. The zero-order valence-corrected chi connectivity index (χ0v) is 12.5. The smallest absolute Gasteiger partial charge is 0.437 e. The van der Waals surface area contributed by atoms with Crippen molar-refractivity contribution in [1.82, 2.24) is 9.13 Å². The van der Waals surface area contributed by atoms with Gasteiger partial charge >= 0.3 is 11.4 Å². The summed E-state index contributed by atoms with van der Waals surface area (Å²) in [5, 5.41) is 29.0. The Balaban J connectivity index is 2.55. The molecule has 1 aromatic carbocycles. The third kappa shape index (κ3) is 2.89. The van der Waals surface area contributed by atoms with Gasteiger partial charge in [0.25, 0.3) is 5.49 Å². The Morgan fingerprint density at radius 2 is 1.91 bits per heavy atom. The van der Waals surface area contributed by atoms with Gasteiger partial charge in [-0.1, -0.05) is 23.7 Å². The molecule has 1 aromatic heterocycles. The van der Waals surface area contributed by atoms with Crippen LogP contribution in [0.4, 0.5) is 5.69 Å². The average Bonchev–Trinajstić information content (AvgIpc) is 2.52. The van der Waals surface area contributed by atoms with Crippen LogP contribution in [0.15, 0.2) is 39.3 Å². The van der Waals surface area contributed by atoms with Gasteiger partial charge in [0.05, 0.1) is 12.1 Å². The Bertz CT molecular complexity index is 902. The van der Waals surface area contributed by atoms with Gasteiger partial charge in [-0.05, 0) is 17.7 Å². The molecule has 0 atom stereocenters. The highest BCUT2D eigenvalue weighted by atomic mass is 35.5. The van der Waals surface area contributed by atoms with Gasteiger partial charge in [0.1, 0.15) is 0 Å². The van der Waals surface area contributed by atoms with Crippen molar-refractivity contribution in [3.63, 3.8) is 0 Å². The van der Waals surface area contributed by atoms with E-state index in [-0.39, 0.29) is 11.2 Å². The number of hydrogen-bond donors (Lipinski definition) is 0. The SMILES string of the molecule is Cn1c([O-])c([N+]#N)/c(=N\N=C/c2ccc(Cl)cc2)n(C)c1=O. The van der Waals surface area contributed by atoms with E-state index in [1.54, 1.807) is 24.3 Å². The number of nitrogens with zero attached hydrogens (tertiary/aromatic N) is 6. The van der Waals surface area contributed by atoms with Gasteiger partial charge in [0.15, 0.2) is 4.98 Å². The second-order valence-corrected chi connectivity index (χ2v) is 4.81. The van der Waals surface area contributed by atoms with Gasteiger partial charge in [-0.2, -0.15) is 5.10 Å². The Morgan fingerprint density at radius 3 is 2.50 bits per heavy atom. The second-order valence-electron chi connectivity index (χ2n) is 4.37. The van der Waals surface area contributed by atoms with Crippen molar-refractivity contribution >= 4 is 23.5 Å². The van der Waals surface area contributed by atoms with Crippen LogP contribution in [0, 0.1) is 5.39 Å². The number of halogens is 1. The van der Waals surface area contributed by atoms with E-state index in [1.165, 1.54) is 20.3 Å². The summed E-state index contributed by atoms with van der Waals surface area (Å²) in [6.45, 7) is 0. The number of aromatic nitrogens is 2. The van der Waals surface area contributed by atoms with E-state index in [2.05, 4.69) is 15.2 Å². The topological polar surface area (TPSA) is 103 Å². The van der Waals surface area contributed by atoms with Crippen LogP contribution in [0.2, 0.25) is 5.02 Å². The summed E-state index contributed by atoms with van der Waals surface area (Å²) in [5.41, 5.74) is -0.374. The Morgan fingerprint density at radius 1 is 1.27 bits per heavy atom. The Kier molecular flexibility index (Phi) is 4.39. The van der Waals surface area contributed by atoms with Gasteiger partial charge < -0.3 is 9.67 Å². The fourth-order valence-corrected chi connectivity index (χ4v) is 1.84. The molecule has 0 bridgehead atoms. The molecule has 0 amide bonds. The van der Waals surface area contributed by atoms with E-state index >= 15 is 0 Å². The highest BCUT2D eigenvalue weighted by molar-refractivity contribution is 6.30. The van der Waals surface area contributed by atoms with Crippen LogP contribution in [-0.4, -0.2) is 15.3 Å². The molecular formula is C13H11ClN6O2. The molecule has 8 nitrogen and oxygen atoms in total. The molecule has 1 heterocycles. The zero-order valence-electron chi connectivity index (χ0n) is 11.8. The van der Waals surface area contributed by atoms with Gasteiger partial charge in [-0.3, -0.25) is 4.57 Å². The standard InChI is InChI=1S/C13H11ClN6O2/c1-19-11(10(17-15)12(21)20(2)13(19)22)18-16-7-8-3-5-9(14)6-4-8/h3-7H,1-2H3/b16-7-. The Labute approximate surface area is 129 Å². The van der Waals surface area contributed by atoms with Crippen molar-refractivity contribution in [3.05, 3.63) is 55.8 Å². The van der Waals surface area contributed by atoms with E-state index in [9.17, 15) is 9.90 Å². The van der Waals surface area contributed by atoms with E-state index in [1.807, 2.05) is 0 Å². The second kappa shape index (κ2) is 6.24. The maximum atomic E-state index is 11.8. The third-order valence-corrected chi connectivity index (χ3v) is 3.19. The maximum absolute atomic E-state index is 11.8. The molecule has 0 aliphatic heterocycles. The highest BCUT2D eigenvalue weighted by Crippen LogP contribution is 2.14. The third-order valence-electron chi connectivity index (χ3n) is 2.94.